The maximum absolute atomic E-state index is 13.4. The number of halogens is 5. The van der Waals surface area contributed by atoms with Crippen LogP contribution in [0, 0.1) is 18.6 Å². The van der Waals surface area contributed by atoms with Crippen LogP contribution < -0.4 is 4.74 Å². The molecule has 1 fully saturated rings. The third kappa shape index (κ3) is 4.73. The van der Waals surface area contributed by atoms with Crippen LogP contribution in [0.15, 0.2) is 30.3 Å². The first-order chi connectivity index (χ1) is 13.5. The van der Waals surface area contributed by atoms with Gasteiger partial charge in [-0.2, -0.15) is 13.2 Å². The number of benzene rings is 2. The lowest BCUT2D eigenvalue weighted by Gasteiger charge is -2.24. The average Bonchev–Trinajstić information content (AvgIpc) is 3.13. The lowest BCUT2D eigenvalue weighted by atomic mass is 10.00. The van der Waals surface area contributed by atoms with Gasteiger partial charge in [0.05, 0.1) is 25.2 Å². The van der Waals surface area contributed by atoms with Crippen LogP contribution in [0.3, 0.4) is 0 Å². The topological polar surface area (TPSA) is 44.8 Å². The Morgan fingerprint density at radius 1 is 1.03 bits per heavy atom. The van der Waals surface area contributed by atoms with Crippen molar-refractivity contribution in [3.05, 3.63) is 58.7 Å². The number of alkyl halides is 3. The Balaban J connectivity index is 0.000000431. The van der Waals surface area contributed by atoms with Gasteiger partial charge in [0.2, 0.25) is 5.79 Å². The molecule has 156 valence electrons. The van der Waals surface area contributed by atoms with E-state index in [-0.39, 0.29) is 30.6 Å². The molecule has 4 rings (SSSR count). The first-order valence-corrected chi connectivity index (χ1v) is 8.64. The summed E-state index contributed by atoms with van der Waals surface area (Å²) >= 11 is 0. The minimum Gasteiger partial charge on any atom is -0.456 e. The molecule has 0 unspecified atom stereocenters. The average molecular weight is 416 g/mol. The van der Waals surface area contributed by atoms with Crippen molar-refractivity contribution in [2.45, 2.75) is 32.2 Å². The molecule has 1 aliphatic carbocycles. The normalized spacial score (nSPS) is 17.1. The molecule has 9 heteroatoms. The Kier molecular flexibility index (Phi) is 5.64. The SMILES string of the molecule is CC(F)(F)F.Cc1ccc(Oc2cc(F)cc(F)c2)c2c1C1(CC2=O)OCCO1. The first kappa shape index (κ1) is 21.2. The lowest BCUT2D eigenvalue weighted by molar-refractivity contribution is -0.158. The molecule has 1 heterocycles. The summed E-state index contributed by atoms with van der Waals surface area (Å²) in [6.07, 6.45) is -3.93. The molecular weight excluding hydrogens is 399 g/mol. The van der Waals surface area contributed by atoms with Gasteiger partial charge < -0.3 is 14.2 Å². The maximum atomic E-state index is 13.4. The summed E-state index contributed by atoms with van der Waals surface area (Å²) in [7, 11) is 0. The summed E-state index contributed by atoms with van der Waals surface area (Å²) in [5.74, 6) is -2.52. The largest absolute Gasteiger partial charge is 0.456 e. The molecular formula is C20H17F5O4. The second-order valence-electron chi connectivity index (χ2n) is 6.67. The number of ether oxygens (including phenoxy) is 3. The van der Waals surface area contributed by atoms with Crippen LogP contribution in [0.1, 0.15) is 34.8 Å². The van der Waals surface area contributed by atoms with E-state index in [1.807, 2.05) is 6.92 Å². The summed E-state index contributed by atoms with van der Waals surface area (Å²) < 4.78 is 74.8. The van der Waals surface area contributed by atoms with E-state index in [1.54, 1.807) is 12.1 Å². The van der Waals surface area contributed by atoms with Crippen molar-refractivity contribution in [3.63, 3.8) is 0 Å². The summed E-state index contributed by atoms with van der Waals surface area (Å²) in [5, 5.41) is 0. The van der Waals surface area contributed by atoms with Gasteiger partial charge in [0, 0.05) is 30.7 Å². The third-order valence-electron chi connectivity index (χ3n) is 4.25. The van der Waals surface area contributed by atoms with Crippen molar-refractivity contribution in [2.24, 2.45) is 0 Å². The summed E-state index contributed by atoms with van der Waals surface area (Å²) in [6.45, 7) is 2.86. The Hall–Kier alpha value is -2.52. The molecule has 0 saturated carbocycles. The molecule has 0 radical (unpaired) electrons. The Morgan fingerprint density at radius 2 is 1.59 bits per heavy atom. The van der Waals surface area contributed by atoms with Crippen molar-refractivity contribution < 1.29 is 41.0 Å². The minimum atomic E-state index is -4.00. The predicted molar refractivity (Wildman–Crippen MR) is 91.9 cm³/mol. The standard InChI is InChI=1S/C18H14F2O4.C2H3F3/c1-10-2-3-15(24-13-7-11(19)6-12(20)8-13)16-14(21)9-18(17(10)16)22-4-5-23-18;1-2(3,4)5/h2-3,6-8H,4-5,9H2,1H3;1H3. The zero-order valence-corrected chi connectivity index (χ0v) is 15.5. The number of carbonyl (C=O) groups excluding carboxylic acids is 1. The van der Waals surface area contributed by atoms with Gasteiger partial charge in [0.1, 0.15) is 23.1 Å². The minimum absolute atomic E-state index is 0.0134. The van der Waals surface area contributed by atoms with Crippen LogP contribution in [0.5, 0.6) is 11.5 Å². The van der Waals surface area contributed by atoms with E-state index < -0.39 is 23.6 Å². The van der Waals surface area contributed by atoms with Crippen LogP contribution >= 0.6 is 0 Å². The second-order valence-corrected chi connectivity index (χ2v) is 6.67. The molecule has 0 aromatic heterocycles. The van der Waals surface area contributed by atoms with Crippen molar-refractivity contribution in [1.82, 2.24) is 0 Å². The van der Waals surface area contributed by atoms with E-state index in [0.29, 0.717) is 24.3 Å². The molecule has 0 amide bonds. The number of Topliss-reactive ketones (excluding diaryl/α,β-unsaturated/α-hetero) is 1. The number of aryl methyl sites for hydroxylation is 1. The summed E-state index contributed by atoms with van der Waals surface area (Å²) in [5.41, 5.74) is 1.83. The molecule has 0 N–H and O–H groups in total. The fraction of sp³-hybridized carbons (Fsp3) is 0.350. The number of ketones is 1. The Bertz CT molecular complexity index is 907. The fourth-order valence-corrected chi connectivity index (χ4v) is 3.34. The van der Waals surface area contributed by atoms with Gasteiger partial charge in [-0.3, -0.25) is 4.79 Å². The summed E-state index contributed by atoms with van der Waals surface area (Å²) in [6, 6.07) is 6.27. The van der Waals surface area contributed by atoms with Crippen LogP contribution in [-0.2, 0) is 15.3 Å². The number of carbonyl (C=O) groups is 1. The molecule has 1 spiro atoms. The highest BCUT2D eigenvalue weighted by Crippen LogP contribution is 2.48. The highest BCUT2D eigenvalue weighted by Gasteiger charge is 2.50. The molecule has 0 bridgehead atoms. The van der Waals surface area contributed by atoms with Crippen molar-refractivity contribution in [2.75, 3.05) is 13.2 Å². The van der Waals surface area contributed by atoms with E-state index in [4.69, 9.17) is 14.2 Å². The smallest absolute Gasteiger partial charge is 0.386 e. The molecule has 2 aliphatic rings. The van der Waals surface area contributed by atoms with Gasteiger partial charge in [-0.15, -0.1) is 0 Å². The second kappa shape index (κ2) is 7.72. The van der Waals surface area contributed by atoms with Crippen molar-refractivity contribution >= 4 is 5.78 Å². The molecule has 0 atom stereocenters. The van der Waals surface area contributed by atoms with Crippen LogP contribution in [0.4, 0.5) is 22.0 Å². The number of hydrogen-bond donors (Lipinski definition) is 0. The van der Waals surface area contributed by atoms with E-state index in [0.717, 1.165) is 23.8 Å². The molecule has 4 nitrogen and oxygen atoms in total. The van der Waals surface area contributed by atoms with Crippen molar-refractivity contribution in [3.8, 4) is 11.5 Å². The number of fused-ring (bicyclic) bond motifs is 2. The quantitative estimate of drug-likeness (QED) is 0.614. The fourth-order valence-electron chi connectivity index (χ4n) is 3.34. The molecule has 29 heavy (non-hydrogen) atoms. The van der Waals surface area contributed by atoms with Crippen LogP contribution in [0.25, 0.3) is 0 Å². The van der Waals surface area contributed by atoms with Gasteiger partial charge in [0.15, 0.2) is 5.78 Å². The van der Waals surface area contributed by atoms with Gasteiger partial charge in [0.25, 0.3) is 0 Å². The maximum Gasteiger partial charge on any atom is 0.386 e. The zero-order chi connectivity index (χ0) is 21.4. The summed E-state index contributed by atoms with van der Waals surface area (Å²) in [4.78, 5) is 12.5. The number of hydrogen-bond acceptors (Lipinski definition) is 4. The lowest BCUT2D eigenvalue weighted by Crippen LogP contribution is -2.25. The van der Waals surface area contributed by atoms with Gasteiger partial charge in [-0.1, -0.05) is 6.07 Å². The monoisotopic (exact) mass is 416 g/mol. The Labute approximate surface area is 163 Å². The predicted octanol–water partition coefficient (Wildman–Crippen LogP) is 5.42. The molecule has 2 aromatic carbocycles. The van der Waals surface area contributed by atoms with E-state index in [2.05, 4.69) is 0 Å². The molecule has 1 saturated heterocycles. The highest BCUT2D eigenvalue weighted by molar-refractivity contribution is 6.04. The molecule has 2 aromatic rings. The van der Waals surface area contributed by atoms with Crippen LogP contribution in [0.2, 0.25) is 0 Å². The third-order valence-corrected chi connectivity index (χ3v) is 4.25. The van der Waals surface area contributed by atoms with E-state index >= 15 is 0 Å². The van der Waals surface area contributed by atoms with E-state index in [9.17, 15) is 26.7 Å². The van der Waals surface area contributed by atoms with Gasteiger partial charge >= 0.3 is 6.18 Å². The van der Waals surface area contributed by atoms with Crippen LogP contribution in [-0.4, -0.2) is 25.2 Å². The van der Waals surface area contributed by atoms with E-state index in [1.165, 1.54) is 0 Å². The molecule has 1 aliphatic heterocycles. The highest BCUT2D eigenvalue weighted by atomic mass is 19.4. The number of rotatable bonds is 2. The van der Waals surface area contributed by atoms with Gasteiger partial charge in [-0.05, 0) is 18.6 Å². The zero-order valence-electron chi connectivity index (χ0n) is 15.5. The Morgan fingerprint density at radius 3 is 2.14 bits per heavy atom. The first-order valence-electron chi connectivity index (χ1n) is 8.64. The van der Waals surface area contributed by atoms with Crippen molar-refractivity contribution in [1.29, 1.82) is 0 Å². The van der Waals surface area contributed by atoms with Gasteiger partial charge in [-0.25, -0.2) is 8.78 Å².